The molecule has 1 aliphatic heterocycles. The van der Waals surface area contributed by atoms with Gasteiger partial charge in [0, 0.05) is 35.3 Å². The van der Waals surface area contributed by atoms with Gasteiger partial charge in [-0.2, -0.15) is 8.42 Å². The second kappa shape index (κ2) is 8.43. The zero-order valence-electron chi connectivity index (χ0n) is 16.8. The van der Waals surface area contributed by atoms with Crippen LogP contribution in [0.4, 0.5) is 0 Å². The number of fused-ring (bicyclic) bond motifs is 1. The van der Waals surface area contributed by atoms with Crippen LogP contribution in [-0.4, -0.2) is 47.8 Å². The summed E-state index contributed by atoms with van der Waals surface area (Å²) in [6, 6.07) is 7.34. The molecule has 30 heavy (non-hydrogen) atoms. The second-order valence-electron chi connectivity index (χ2n) is 7.79. The maximum atomic E-state index is 13.0. The van der Waals surface area contributed by atoms with Gasteiger partial charge in [-0.25, -0.2) is 0 Å². The molecule has 1 aliphatic rings. The number of aromatic nitrogens is 1. The summed E-state index contributed by atoms with van der Waals surface area (Å²) >= 11 is 3.41. The van der Waals surface area contributed by atoms with E-state index >= 15 is 0 Å². The number of aliphatic hydroxyl groups excluding tert-OH is 2. The molecule has 164 valence electrons. The van der Waals surface area contributed by atoms with Crippen LogP contribution in [0.5, 0.6) is 5.75 Å². The van der Waals surface area contributed by atoms with Crippen molar-refractivity contribution in [1.29, 1.82) is 0 Å². The third-order valence-electron chi connectivity index (χ3n) is 4.97. The van der Waals surface area contributed by atoms with Crippen molar-refractivity contribution >= 4 is 26.0 Å². The normalized spacial score (nSPS) is 21.5. The van der Waals surface area contributed by atoms with E-state index in [1.54, 1.807) is 38.1 Å². The molecule has 1 unspecified atom stereocenters. The number of hydrogen-bond donors (Lipinski definition) is 2. The lowest BCUT2D eigenvalue weighted by molar-refractivity contribution is -0.0463. The van der Waals surface area contributed by atoms with E-state index < -0.39 is 39.5 Å². The van der Waals surface area contributed by atoms with Crippen molar-refractivity contribution in [2.45, 2.75) is 44.1 Å². The molecule has 1 aromatic carbocycles. The number of aliphatic hydroxyl groups is 2. The maximum absolute atomic E-state index is 13.0. The molecule has 2 heterocycles. The first-order chi connectivity index (χ1) is 13.9. The van der Waals surface area contributed by atoms with Gasteiger partial charge in [0.15, 0.2) is 0 Å². The summed E-state index contributed by atoms with van der Waals surface area (Å²) in [5.41, 5.74) is -0.557. The van der Waals surface area contributed by atoms with Crippen LogP contribution in [0.3, 0.4) is 0 Å². The van der Waals surface area contributed by atoms with Crippen LogP contribution in [0, 0.1) is 0 Å². The van der Waals surface area contributed by atoms with Crippen molar-refractivity contribution in [1.82, 2.24) is 4.57 Å². The lowest BCUT2D eigenvalue weighted by atomic mass is 9.86. The van der Waals surface area contributed by atoms with Crippen LogP contribution in [0.1, 0.15) is 43.5 Å². The highest BCUT2D eigenvalue weighted by molar-refractivity contribution is 9.10. The summed E-state index contributed by atoms with van der Waals surface area (Å²) in [6.07, 6.45) is 0.540. The standard InChI is InChI=1S/C20H24BrNO7S/c1-20(2)19(29-30(3,26)27)18(14-11-13(21)4-5-16(14)28-20)22-8-6-12(10-17(22)25)15(24)7-9-23/h4-6,8,10-11,15,18-19,23-24H,7,9H2,1-3H3/t15?,18-,19+/m1/s1. The van der Waals surface area contributed by atoms with Crippen molar-refractivity contribution < 1.29 is 27.6 Å². The molecule has 0 saturated heterocycles. The molecule has 0 saturated carbocycles. The Kier molecular flexibility index (Phi) is 6.45. The summed E-state index contributed by atoms with van der Waals surface area (Å²) in [7, 11) is -3.87. The molecule has 0 aliphatic carbocycles. The van der Waals surface area contributed by atoms with Gasteiger partial charge in [-0.05, 0) is 43.7 Å². The highest BCUT2D eigenvalue weighted by Crippen LogP contribution is 2.44. The van der Waals surface area contributed by atoms with Gasteiger partial charge >= 0.3 is 0 Å². The smallest absolute Gasteiger partial charge is 0.264 e. The Labute approximate surface area is 183 Å². The molecule has 3 atom stereocenters. The Morgan fingerprint density at radius 1 is 1.30 bits per heavy atom. The number of hydrogen-bond acceptors (Lipinski definition) is 7. The monoisotopic (exact) mass is 501 g/mol. The van der Waals surface area contributed by atoms with Crippen LogP contribution in [0.2, 0.25) is 0 Å². The molecule has 10 heteroatoms. The van der Waals surface area contributed by atoms with E-state index in [0.29, 0.717) is 16.9 Å². The van der Waals surface area contributed by atoms with Crippen molar-refractivity contribution in [3.63, 3.8) is 0 Å². The first-order valence-corrected chi connectivity index (χ1v) is 11.9. The largest absolute Gasteiger partial charge is 0.485 e. The minimum absolute atomic E-state index is 0.101. The number of pyridine rings is 1. The second-order valence-corrected chi connectivity index (χ2v) is 10.3. The van der Waals surface area contributed by atoms with Crippen molar-refractivity contribution in [2.75, 3.05) is 12.9 Å². The summed E-state index contributed by atoms with van der Waals surface area (Å²) in [5.74, 6) is 0.512. The zero-order chi connectivity index (χ0) is 22.3. The van der Waals surface area contributed by atoms with Crippen LogP contribution in [-0.2, 0) is 14.3 Å². The molecular formula is C20H24BrNO7S. The van der Waals surface area contributed by atoms with Gasteiger partial charge < -0.3 is 19.5 Å². The van der Waals surface area contributed by atoms with Gasteiger partial charge in [-0.15, -0.1) is 0 Å². The molecule has 0 fully saturated rings. The highest BCUT2D eigenvalue weighted by Gasteiger charge is 2.48. The van der Waals surface area contributed by atoms with E-state index in [4.69, 9.17) is 14.0 Å². The van der Waals surface area contributed by atoms with Crippen LogP contribution < -0.4 is 10.3 Å². The summed E-state index contributed by atoms with van der Waals surface area (Å²) in [4.78, 5) is 13.0. The Morgan fingerprint density at radius 3 is 2.60 bits per heavy atom. The first kappa shape index (κ1) is 23.0. The number of benzene rings is 1. The topological polar surface area (TPSA) is 115 Å². The predicted octanol–water partition coefficient (Wildman–Crippen LogP) is 2.13. The van der Waals surface area contributed by atoms with Crippen LogP contribution >= 0.6 is 15.9 Å². The average molecular weight is 502 g/mol. The van der Waals surface area contributed by atoms with E-state index in [0.717, 1.165) is 10.7 Å². The van der Waals surface area contributed by atoms with Crippen molar-refractivity contribution in [2.24, 2.45) is 0 Å². The lowest BCUT2D eigenvalue weighted by Gasteiger charge is -2.44. The lowest BCUT2D eigenvalue weighted by Crippen LogP contribution is -2.54. The summed E-state index contributed by atoms with van der Waals surface area (Å²) < 4.78 is 37.6. The molecule has 8 nitrogen and oxygen atoms in total. The predicted molar refractivity (Wildman–Crippen MR) is 114 cm³/mol. The minimum Gasteiger partial charge on any atom is -0.485 e. The molecule has 0 bridgehead atoms. The quantitative estimate of drug-likeness (QED) is 0.582. The summed E-state index contributed by atoms with van der Waals surface area (Å²) in [5, 5.41) is 19.1. The maximum Gasteiger partial charge on any atom is 0.264 e. The van der Waals surface area contributed by atoms with E-state index in [1.165, 1.54) is 16.8 Å². The van der Waals surface area contributed by atoms with Crippen LogP contribution in [0.15, 0.2) is 45.8 Å². The Hall–Kier alpha value is -1.72. The van der Waals surface area contributed by atoms with Crippen molar-refractivity contribution in [3.8, 4) is 5.75 Å². The molecule has 2 aromatic rings. The van der Waals surface area contributed by atoms with Gasteiger partial charge in [-0.3, -0.25) is 8.98 Å². The molecule has 3 rings (SSSR count). The van der Waals surface area contributed by atoms with E-state index in [2.05, 4.69) is 15.9 Å². The third kappa shape index (κ3) is 4.78. The Bertz CT molecular complexity index is 1100. The molecule has 0 spiro atoms. The number of ether oxygens (including phenoxy) is 1. The van der Waals surface area contributed by atoms with Gasteiger partial charge in [0.25, 0.3) is 15.7 Å². The first-order valence-electron chi connectivity index (χ1n) is 9.30. The fraction of sp³-hybridized carbons (Fsp3) is 0.450. The summed E-state index contributed by atoms with van der Waals surface area (Å²) in [6.45, 7) is 3.18. The fourth-order valence-corrected chi connectivity index (χ4v) is 4.70. The molecule has 0 amide bonds. The van der Waals surface area contributed by atoms with Crippen molar-refractivity contribution in [3.05, 3.63) is 62.5 Å². The minimum atomic E-state index is -3.87. The molecular weight excluding hydrogens is 478 g/mol. The van der Waals surface area contributed by atoms with E-state index in [1.807, 2.05) is 0 Å². The Balaban J connectivity index is 2.19. The van der Waals surface area contributed by atoms with E-state index in [9.17, 15) is 18.3 Å². The van der Waals surface area contributed by atoms with Gasteiger partial charge in [-0.1, -0.05) is 15.9 Å². The fourth-order valence-electron chi connectivity index (χ4n) is 3.61. The highest BCUT2D eigenvalue weighted by atomic mass is 79.9. The average Bonchev–Trinajstić information content (AvgIpc) is 2.62. The van der Waals surface area contributed by atoms with E-state index in [-0.39, 0.29) is 13.0 Å². The van der Waals surface area contributed by atoms with Gasteiger partial charge in [0.1, 0.15) is 17.5 Å². The van der Waals surface area contributed by atoms with Gasteiger partial charge in [0.05, 0.1) is 18.4 Å². The number of halogens is 1. The van der Waals surface area contributed by atoms with Crippen LogP contribution in [0.25, 0.3) is 0 Å². The number of rotatable bonds is 6. The molecule has 1 aromatic heterocycles. The Morgan fingerprint density at radius 2 is 2.00 bits per heavy atom. The third-order valence-corrected chi connectivity index (χ3v) is 6.02. The zero-order valence-corrected chi connectivity index (χ0v) is 19.2. The molecule has 2 N–H and O–H groups in total. The SMILES string of the molecule is CC1(C)Oc2ccc(Br)cc2[C@@H](n2ccc(C(O)CCO)cc2=O)[C@@H]1OS(C)(=O)=O. The molecule has 0 radical (unpaired) electrons. The number of nitrogens with zero attached hydrogens (tertiary/aromatic N) is 1. The van der Waals surface area contributed by atoms with Gasteiger partial charge in [0.2, 0.25) is 0 Å².